The van der Waals surface area contributed by atoms with Crippen LogP contribution in [-0.2, 0) is 11.3 Å². The first-order valence-electron chi connectivity index (χ1n) is 6.59. The Morgan fingerprint density at radius 3 is 2.84 bits per heavy atom. The van der Waals surface area contributed by atoms with Crippen LogP contribution in [0, 0.1) is 0 Å². The van der Waals surface area contributed by atoms with E-state index in [1.807, 2.05) is 12.1 Å². The van der Waals surface area contributed by atoms with E-state index in [1.165, 1.54) is 5.56 Å². The smallest absolute Gasteiger partial charge is 0.231 e. The first-order chi connectivity index (χ1) is 9.16. The average molecular weight is 328 g/mol. The van der Waals surface area contributed by atoms with Crippen molar-refractivity contribution in [2.24, 2.45) is 0 Å². The van der Waals surface area contributed by atoms with E-state index in [9.17, 15) is 0 Å². The standard InChI is InChI=1S/C14H18BrNO3/c1-14(3-2-4-19-14)8-16-7-10-5-12-13(6-11(10)15)18-9-17-12/h5-6,16H,2-4,7-9H2,1H3. The number of rotatable bonds is 4. The molecule has 2 aliphatic heterocycles. The first-order valence-corrected chi connectivity index (χ1v) is 7.38. The lowest BCUT2D eigenvalue weighted by Gasteiger charge is -2.23. The molecular formula is C14H18BrNO3. The van der Waals surface area contributed by atoms with Crippen LogP contribution < -0.4 is 14.8 Å². The number of nitrogens with one attached hydrogen (secondary N) is 1. The van der Waals surface area contributed by atoms with Crippen LogP contribution >= 0.6 is 15.9 Å². The summed E-state index contributed by atoms with van der Waals surface area (Å²) in [5.74, 6) is 1.63. The highest BCUT2D eigenvalue weighted by atomic mass is 79.9. The van der Waals surface area contributed by atoms with Crippen LogP contribution in [0.4, 0.5) is 0 Å². The first kappa shape index (κ1) is 13.2. The Morgan fingerprint density at radius 1 is 1.32 bits per heavy atom. The molecular weight excluding hydrogens is 310 g/mol. The Balaban J connectivity index is 1.61. The van der Waals surface area contributed by atoms with Gasteiger partial charge in [0.1, 0.15) is 0 Å². The van der Waals surface area contributed by atoms with Crippen LogP contribution in [0.3, 0.4) is 0 Å². The third-order valence-electron chi connectivity index (χ3n) is 3.66. The second-order valence-corrected chi connectivity index (χ2v) is 6.16. The van der Waals surface area contributed by atoms with Crippen molar-refractivity contribution >= 4 is 15.9 Å². The lowest BCUT2D eigenvalue weighted by atomic mass is 10.0. The van der Waals surface area contributed by atoms with E-state index in [-0.39, 0.29) is 5.60 Å². The summed E-state index contributed by atoms with van der Waals surface area (Å²) in [5, 5.41) is 3.46. The van der Waals surface area contributed by atoms with Gasteiger partial charge in [-0.15, -0.1) is 0 Å². The predicted molar refractivity (Wildman–Crippen MR) is 75.6 cm³/mol. The lowest BCUT2D eigenvalue weighted by molar-refractivity contribution is 0.0206. The second-order valence-electron chi connectivity index (χ2n) is 5.30. The summed E-state index contributed by atoms with van der Waals surface area (Å²) in [4.78, 5) is 0. The molecule has 104 valence electrons. The minimum absolute atomic E-state index is 0.0111. The molecule has 0 amide bonds. The third kappa shape index (κ3) is 2.88. The lowest BCUT2D eigenvalue weighted by Crippen LogP contribution is -2.36. The monoisotopic (exact) mass is 327 g/mol. The van der Waals surface area contributed by atoms with Crippen molar-refractivity contribution in [3.05, 3.63) is 22.2 Å². The van der Waals surface area contributed by atoms with E-state index in [1.54, 1.807) is 0 Å². The largest absolute Gasteiger partial charge is 0.454 e. The van der Waals surface area contributed by atoms with Gasteiger partial charge in [0, 0.05) is 24.2 Å². The summed E-state index contributed by atoms with van der Waals surface area (Å²) in [6.45, 7) is 5.02. The molecule has 4 nitrogen and oxygen atoms in total. The van der Waals surface area contributed by atoms with Crippen LogP contribution in [0.2, 0.25) is 0 Å². The molecule has 0 aliphatic carbocycles. The Labute approximate surface area is 121 Å². The van der Waals surface area contributed by atoms with Crippen LogP contribution in [0.25, 0.3) is 0 Å². The maximum Gasteiger partial charge on any atom is 0.231 e. The van der Waals surface area contributed by atoms with Gasteiger partial charge in [0.05, 0.1) is 5.60 Å². The highest BCUT2D eigenvalue weighted by Gasteiger charge is 2.29. The average Bonchev–Trinajstić information content (AvgIpc) is 2.98. The molecule has 1 fully saturated rings. The summed E-state index contributed by atoms with van der Waals surface area (Å²) in [5.41, 5.74) is 1.16. The molecule has 0 spiro atoms. The quantitative estimate of drug-likeness (QED) is 0.923. The van der Waals surface area contributed by atoms with Gasteiger partial charge in [-0.2, -0.15) is 0 Å². The summed E-state index contributed by atoms with van der Waals surface area (Å²) in [7, 11) is 0. The van der Waals surface area contributed by atoms with Crippen molar-refractivity contribution in [1.29, 1.82) is 0 Å². The van der Waals surface area contributed by atoms with E-state index >= 15 is 0 Å². The molecule has 1 aromatic rings. The van der Waals surface area contributed by atoms with Gasteiger partial charge >= 0.3 is 0 Å². The van der Waals surface area contributed by atoms with E-state index < -0.39 is 0 Å². The van der Waals surface area contributed by atoms with E-state index in [0.717, 1.165) is 48.5 Å². The molecule has 1 atom stereocenters. The fraction of sp³-hybridized carbons (Fsp3) is 0.571. The minimum Gasteiger partial charge on any atom is -0.454 e. The Bertz CT molecular complexity index is 472. The number of benzene rings is 1. The molecule has 19 heavy (non-hydrogen) atoms. The molecule has 1 unspecified atom stereocenters. The van der Waals surface area contributed by atoms with Crippen molar-refractivity contribution in [1.82, 2.24) is 5.32 Å². The zero-order valence-electron chi connectivity index (χ0n) is 11.0. The maximum absolute atomic E-state index is 5.76. The van der Waals surface area contributed by atoms with Gasteiger partial charge in [-0.25, -0.2) is 0 Å². The van der Waals surface area contributed by atoms with Crippen molar-refractivity contribution < 1.29 is 14.2 Å². The van der Waals surface area contributed by atoms with Crippen LogP contribution in [0.15, 0.2) is 16.6 Å². The fourth-order valence-corrected chi connectivity index (χ4v) is 3.00. The third-order valence-corrected chi connectivity index (χ3v) is 4.39. The van der Waals surface area contributed by atoms with Gasteiger partial charge < -0.3 is 19.5 Å². The summed E-state index contributed by atoms with van der Waals surface area (Å²) >= 11 is 3.57. The van der Waals surface area contributed by atoms with Gasteiger partial charge in [0.25, 0.3) is 0 Å². The summed E-state index contributed by atoms with van der Waals surface area (Å²) in [6, 6.07) is 3.99. The second kappa shape index (κ2) is 5.31. The van der Waals surface area contributed by atoms with Crippen molar-refractivity contribution in [3.8, 4) is 11.5 Å². The van der Waals surface area contributed by atoms with Gasteiger partial charge in [0.2, 0.25) is 6.79 Å². The summed E-state index contributed by atoms with van der Waals surface area (Å²) in [6.07, 6.45) is 2.29. The molecule has 0 bridgehead atoms. The molecule has 5 heteroatoms. The Kier molecular flexibility index (Phi) is 3.69. The van der Waals surface area contributed by atoms with Gasteiger partial charge in [-0.1, -0.05) is 15.9 Å². The minimum atomic E-state index is -0.0111. The number of hydrogen-bond donors (Lipinski definition) is 1. The molecule has 2 aliphatic rings. The Hall–Kier alpha value is -0.780. The van der Waals surface area contributed by atoms with Crippen molar-refractivity contribution in [3.63, 3.8) is 0 Å². The predicted octanol–water partition coefficient (Wildman–Crippen LogP) is 2.84. The Morgan fingerprint density at radius 2 is 2.11 bits per heavy atom. The number of hydrogen-bond acceptors (Lipinski definition) is 4. The topological polar surface area (TPSA) is 39.7 Å². The maximum atomic E-state index is 5.76. The van der Waals surface area contributed by atoms with Crippen molar-refractivity contribution in [2.75, 3.05) is 19.9 Å². The highest BCUT2D eigenvalue weighted by molar-refractivity contribution is 9.10. The van der Waals surface area contributed by atoms with Gasteiger partial charge in [-0.05, 0) is 37.5 Å². The fourth-order valence-electron chi connectivity index (χ4n) is 2.53. The molecule has 0 radical (unpaired) electrons. The van der Waals surface area contributed by atoms with E-state index in [2.05, 4.69) is 28.2 Å². The number of halogens is 1. The molecule has 3 rings (SSSR count). The van der Waals surface area contributed by atoms with Gasteiger partial charge in [0.15, 0.2) is 11.5 Å². The molecule has 0 aromatic heterocycles. The molecule has 1 saturated heterocycles. The summed E-state index contributed by atoms with van der Waals surface area (Å²) < 4.78 is 17.5. The number of ether oxygens (including phenoxy) is 3. The normalized spacial score (nSPS) is 24.9. The van der Waals surface area contributed by atoms with E-state index in [0.29, 0.717) is 6.79 Å². The number of fused-ring (bicyclic) bond motifs is 1. The van der Waals surface area contributed by atoms with Crippen LogP contribution in [-0.4, -0.2) is 25.5 Å². The zero-order valence-corrected chi connectivity index (χ0v) is 12.6. The van der Waals surface area contributed by atoms with Crippen molar-refractivity contribution in [2.45, 2.75) is 31.9 Å². The SMILES string of the molecule is CC1(CNCc2cc3c(cc2Br)OCO3)CCCO1. The molecule has 2 heterocycles. The zero-order chi connectivity index (χ0) is 13.3. The molecule has 0 saturated carbocycles. The highest BCUT2D eigenvalue weighted by Crippen LogP contribution is 2.37. The van der Waals surface area contributed by atoms with Crippen LogP contribution in [0.1, 0.15) is 25.3 Å². The van der Waals surface area contributed by atoms with Crippen LogP contribution in [0.5, 0.6) is 11.5 Å². The molecule has 1 aromatic carbocycles. The van der Waals surface area contributed by atoms with E-state index in [4.69, 9.17) is 14.2 Å². The molecule has 1 N–H and O–H groups in total. The van der Waals surface area contributed by atoms with Gasteiger partial charge in [-0.3, -0.25) is 0 Å².